The summed E-state index contributed by atoms with van der Waals surface area (Å²) >= 11 is 5.33. The van der Waals surface area contributed by atoms with Crippen molar-refractivity contribution in [2.24, 2.45) is 0 Å². The fourth-order valence-corrected chi connectivity index (χ4v) is 4.73. The molecule has 0 unspecified atom stereocenters. The van der Waals surface area contributed by atoms with Crippen LogP contribution < -0.4 is 0 Å². The van der Waals surface area contributed by atoms with Crippen LogP contribution in [0.2, 0.25) is 0 Å². The number of hydrogen-bond acceptors (Lipinski definition) is 4. The van der Waals surface area contributed by atoms with Crippen LogP contribution in [-0.4, -0.2) is 47.0 Å². The van der Waals surface area contributed by atoms with Crippen molar-refractivity contribution < 1.29 is 0 Å². The Bertz CT molecular complexity index is 649. The minimum Gasteiger partial charge on any atom is -0.302 e. The normalized spacial score (nSPS) is 25.3. The van der Waals surface area contributed by atoms with Crippen LogP contribution >= 0.6 is 27.3 Å². The van der Waals surface area contributed by atoms with Crippen molar-refractivity contribution in [2.45, 2.75) is 25.4 Å². The molecule has 0 radical (unpaired) electrons. The number of rotatable bonds is 3. The number of aromatic nitrogens is 1. The standard InChI is InChI=1S/C17H20BrN3S/c18-14-3-1-2-13(10-14)16-12-22-17(19-16)11-21-9-8-20-6-4-15(21)5-7-20/h1-3,10,12,15H,4-9,11H2. The van der Waals surface area contributed by atoms with Crippen LogP contribution in [0.4, 0.5) is 0 Å². The van der Waals surface area contributed by atoms with Crippen LogP contribution in [0.3, 0.4) is 0 Å². The Balaban J connectivity index is 1.50. The summed E-state index contributed by atoms with van der Waals surface area (Å²) in [7, 11) is 0. The van der Waals surface area contributed by atoms with E-state index in [1.54, 1.807) is 11.3 Å². The van der Waals surface area contributed by atoms with Crippen LogP contribution in [0.1, 0.15) is 17.8 Å². The first kappa shape index (κ1) is 14.8. The second kappa shape index (κ2) is 6.40. The summed E-state index contributed by atoms with van der Waals surface area (Å²) in [5.41, 5.74) is 2.30. The SMILES string of the molecule is Brc1cccc(-c2csc(CN3CCN4CCC3CC4)n2)c1. The summed E-state index contributed by atoms with van der Waals surface area (Å²) in [6.45, 7) is 5.98. The van der Waals surface area contributed by atoms with Gasteiger partial charge >= 0.3 is 0 Å². The molecule has 0 atom stereocenters. The highest BCUT2D eigenvalue weighted by molar-refractivity contribution is 9.10. The molecule has 0 aliphatic carbocycles. The first-order valence-corrected chi connectivity index (χ1v) is 9.62. The summed E-state index contributed by atoms with van der Waals surface area (Å²) < 4.78 is 1.11. The van der Waals surface area contributed by atoms with E-state index in [-0.39, 0.29) is 0 Å². The molecule has 1 aromatic heterocycles. The lowest BCUT2D eigenvalue weighted by Gasteiger charge is -2.30. The van der Waals surface area contributed by atoms with Crippen molar-refractivity contribution in [1.82, 2.24) is 14.8 Å². The van der Waals surface area contributed by atoms with Gasteiger partial charge in [0.25, 0.3) is 0 Å². The monoisotopic (exact) mass is 377 g/mol. The maximum Gasteiger partial charge on any atom is 0.107 e. The number of fused-ring (bicyclic) bond motifs is 4. The molecule has 5 heteroatoms. The van der Waals surface area contributed by atoms with Gasteiger partial charge in [-0.05, 0) is 38.1 Å². The zero-order valence-corrected chi connectivity index (χ0v) is 14.9. The molecule has 0 spiro atoms. The molecule has 2 bridgehead atoms. The zero-order chi connectivity index (χ0) is 14.9. The first-order valence-electron chi connectivity index (χ1n) is 7.95. The van der Waals surface area contributed by atoms with Crippen molar-refractivity contribution in [3.8, 4) is 11.3 Å². The van der Waals surface area contributed by atoms with E-state index in [4.69, 9.17) is 4.98 Å². The Hall–Kier alpha value is -0.750. The van der Waals surface area contributed by atoms with Gasteiger partial charge in [-0.3, -0.25) is 4.90 Å². The Kier molecular flexibility index (Phi) is 4.31. The molecular formula is C17H20BrN3S. The van der Waals surface area contributed by atoms with Crippen LogP contribution in [0, 0.1) is 0 Å². The van der Waals surface area contributed by atoms with E-state index >= 15 is 0 Å². The number of nitrogens with zero attached hydrogens (tertiary/aromatic N) is 3. The average Bonchev–Trinajstić information content (AvgIpc) is 2.83. The molecule has 3 nitrogen and oxygen atoms in total. The number of piperidine rings is 1. The van der Waals surface area contributed by atoms with Gasteiger partial charge in [-0.2, -0.15) is 0 Å². The van der Waals surface area contributed by atoms with Crippen LogP contribution in [0.15, 0.2) is 34.1 Å². The third-order valence-electron chi connectivity index (χ3n) is 4.79. The van der Waals surface area contributed by atoms with E-state index < -0.39 is 0 Å². The van der Waals surface area contributed by atoms with Crippen molar-refractivity contribution in [3.05, 3.63) is 39.1 Å². The molecule has 0 N–H and O–H groups in total. The number of hydrogen-bond donors (Lipinski definition) is 0. The maximum absolute atomic E-state index is 4.87. The van der Waals surface area contributed by atoms with E-state index in [0.29, 0.717) is 0 Å². The van der Waals surface area contributed by atoms with Gasteiger partial charge in [0.2, 0.25) is 0 Å². The minimum absolute atomic E-state index is 0.761. The molecule has 5 rings (SSSR count). The topological polar surface area (TPSA) is 19.4 Å². The largest absolute Gasteiger partial charge is 0.302 e. The number of thiazole rings is 1. The smallest absolute Gasteiger partial charge is 0.107 e. The fraction of sp³-hybridized carbons (Fsp3) is 0.471. The molecule has 22 heavy (non-hydrogen) atoms. The molecule has 0 amide bonds. The molecule has 4 heterocycles. The molecule has 3 fully saturated rings. The highest BCUT2D eigenvalue weighted by Crippen LogP contribution is 2.27. The van der Waals surface area contributed by atoms with Gasteiger partial charge in [0, 0.05) is 34.5 Å². The number of halogens is 1. The van der Waals surface area contributed by atoms with E-state index in [9.17, 15) is 0 Å². The van der Waals surface area contributed by atoms with Crippen LogP contribution in [0.5, 0.6) is 0 Å². The second-order valence-corrected chi connectivity index (χ2v) is 8.04. The summed E-state index contributed by atoms with van der Waals surface area (Å²) in [5.74, 6) is 0. The average molecular weight is 378 g/mol. The van der Waals surface area contributed by atoms with Gasteiger partial charge in [0.05, 0.1) is 12.2 Å². The van der Waals surface area contributed by atoms with Gasteiger partial charge in [-0.25, -0.2) is 4.98 Å². The van der Waals surface area contributed by atoms with Crippen molar-refractivity contribution >= 4 is 27.3 Å². The van der Waals surface area contributed by atoms with Crippen molar-refractivity contribution in [2.75, 3.05) is 26.2 Å². The lowest BCUT2D eigenvalue weighted by atomic mass is 10.1. The second-order valence-electron chi connectivity index (χ2n) is 6.18. The zero-order valence-electron chi connectivity index (χ0n) is 12.5. The van der Waals surface area contributed by atoms with E-state index in [1.807, 2.05) is 0 Å². The Morgan fingerprint density at radius 2 is 2.05 bits per heavy atom. The Morgan fingerprint density at radius 1 is 1.18 bits per heavy atom. The van der Waals surface area contributed by atoms with E-state index in [0.717, 1.165) is 22.8 Å². The summed E-state index contributed by atoms with van der Waals surface area (Å²) in [4.78, 5) is 10.1. The highest BCUT2D eigenvalue weighted by Gasteiger charge is 2.29. The van der Waals surface area contributed by atoms with Gasteiger partial charge < -0.3 is 4.90 Å². The predicted molar refractivity (Wildman–Crippen MR) is 95.1 cm³/mol. The molecule has 116 valence electrons. The Morgan fingerprint density at radius 3 is 2.86 bits per heavy atom. The quantitative estimate of drug-likeness (QED) is 0.809. The third kappa shape index (κ3) is 3.13. The molecule has 1 aromatic carbocycles. The fourth-order valence-electron chi connectivity index (χ4n) is 3.51. The van der Waals surface area contributed by atoms with E-state index in [2.05, 4.69) is 55.4 Å². The van der Waals surface area contributed by atoms with Gasteiger partial charge in [0.15, 0.2) is 0 Å². The molecule has 3 aliphatic heterocycles. The van der Waals surface area contributed by atoms with Crippen LogP contribution in [-0.2, 0) is 6.54 Å². The van der Waals surface area contributed by atoms with Crippen LogP contribution in [0.25, 0.3) is 11.3 Å². The van der Waals surface area contributed by atoms with Gasteiger partial charge in [0.1, 0.15) is 5.01 Å². The summed E-state index contributed by atoms with van der Waals surface area (Å²) in [6.07, 6.45) is 2.65. The number of benzene rings is 1. The first-order chi connectivity index (χ1) is 10.8. The third-order valence-corrected chi connectivity index (χ3v) is 6.11. The summed E-state index contributed by atoms with van der Waals surface area (Å²) in [5, 5.41) is 3.44. The lowest BCUT2D eigenvalue weighted by molar-refractivity contribution is 0.176. The molecular weight excluding hydrogens is 358 g/mol. The Labute approximate surface area is 144 Å². The molecule has 3 saturated heterocycles. The molecule has 0 saturated carbocycles. The maximum atomic E-state index is 4.87. The van der Waals surface area contributed by atoms with Gasteiger partial charge in [-0.15, -0.1) is 11.3 Å². The predicted octanol–water partition coefficient (Wildman–Crippen LogP) is 3.85. The highest BCUT2D eigenvalue weighted by atomic mass is 79.9. The lowest BCUT2D eigenvalue weighted by Crippen LogP contribution is -2.37. The minimum atomic E-state index is 0.761. The molecule has 3 aliphatic rings. The van der Waals surface area contributed by atoms with Gasteiger partial charge in [-0.1, -0.05) is 28.1 Å². The molecule has 2 aromatic rings. The van der Waals surface area contributed by atoms with E-state index in [1.165, 1.54) is 49.6 Å². The van der Waals surface area contributed by atoms with Crippen molar-refractivity contribution in [1.29, 1.82) is 0 Å². The summed E-state index contributed by atoms with van der Waals surface area (Å²) in [6, 6.07) is 9.15. The van der Waals surface area contributed by atoms with Crippen molar-refractivity contribution in [3.63, 3.8) is 0 Å².